The highest BCUT2D eigenvalue weighted by atomic mass is 35.5. The van der Waals surface area contributed by atoms with Crippen LogP contribution in [-0.2, 0) is 14.9 Å². The molecule has 1 aromatic carbocycles. The summed E-state index contributed by atoms with van der Waals surface area (Å²) in [6, 6.07) is 6.17. The molecule has 0 spiro atoms. The van der Waals surface area contributed by atoms with Crippen LogP contribution in [0.2, 0.25) is 0 Å². The second-order valence-electron chi connectivity index (χ2n) is 6.47. The van der Waals surface area contributed by atoms with Crippen molar-refractivity contribution in [1.82, 2.24) is 10.6 Å². The topological polar surface area (TPSA) is 59.6 Å². The van der Waals surface area contributed by atoms with E-state index in [0.29, 0.717) is 13.2 Å². The lowest BCUT2D eigenvalue weighted by molar-refractivity contribution is -0.126. The van der Waals surface area contributed by atoms with E-state index in [1.807, 2.05) is 19.1 Å². The Kier molecular flexibility index (Phi) is 9.25. The van der Waals surface area contributed by atoms with Crippen molar-refractivity contribution in [2.24, 2.45) is 0 Å². The molecule has 0 aliphatic heterocycles. The highest BCUT2D eigenvalue weighted by molar-refractivity contribution is 5.88. The number of hydrogen-bond donors (Lipinski definition) is 2. The molecule has 0 heterocycles. The minimum Gasteiger partial charge on any atom is -0.496 e. The first-order valence-electron chi connectivity index (χ1n) is 8.77. The fraction of sp³-hybridized carbons (Fsp3) is 0.632. The fourth-order valence-corrected chi connectivity index (χ4v) is 3.48. The average molecular weight is 371 g/mol. The quantitative estimate of drug-likeness (QED) is 0.656. The van der Waals surface area contributed by atoms with E-state index >= 15 is 0 Å². The first-order chi connectivity index (χ1) is 11.6. The Morgan fingerprint density at radius 1 is 1.16 bits per heavy atom. The highest BCUT2D eigenvalue weighted by Crippen LogP contribution is 2.42. The normalized spacial score (nSPS) is 15.5. The Morgan fingerprint density at radius 2 is 1.88 bits per heavy atom. The highest BCUT2D eigenvalue weighted by Gasteiger charge is 2.42. The number of carbonyl (C=O) groups is 1. The number of aryl methyl sites for hydroxylation is 1. The monoisotopic (exact) mass is 370 g/mol. The van der Waals surface area contributed by atoms with E-state index in [0.717, 1.165) is 55.6 Å². The molecule has 6 heteroatoms. The van der Waals surface area contributed by atoms with E-state index in [2.05, 4.69) is 16.7 Å². The zero-order chi connectivity index (χ0) is 17.4. The number of benzene rings is 1. The summed E-state index contributed by atoms with van der Waals surface area (Å²) in [5, 5.41) is 6.36. The lowest BCUT2D eigenvalue weighted by Crippen LogP contribution is -2.45. The maximum atomic E-state index is 12.9. The minimum absolute atomic E-state index is 0. The standard InChI is InChI=1S/C19H30N2O3.ClH/c1-15-6-7-16(14-17(15)24-3)19(8-4-5-9-19)18(22)21-11-10-20-12-13-23-2;/h6-7,14,20H,4-5,8-13H2,1-3H3,(H,21,22);1H. The number of ether oxygens (including phenoxy) is 2. The number of halogens is 1. The minimum atomic E-state index is -0.409. The van der Waals surface area contributed by atoms with Gasteiger partial charge in [0.25, 0.3) is 0 Å². The van der Waals surface area contributed by atoms with Crippen molar-refractivity contribution in [3.63, 3.8) is 0 Å². The predicted molar refractivity (Wildman–Crippen MR) is 103 cm³/mol. The Bertz CT molecular complexity index is 545. The van der Waals surface area contributed by atoms with Gasteiger partial charge in [0.2, 0.25) is 5.91 Å². The smallest absolute Gasteiger partial charge is 0.230 e. The van der Waals surface area contributed by atoms with Gasteiger partial charge in [0, 0.05) is 26.7 Å². The first kappa shape index (κ1) is 21.7. The van der Waals surface area contributed by atoms with Gasteiger partial charge in [0.05, 0.1) is 19.1 Å². The van der Waals surface area contributed by atoms with Crippen LogP contribution in [0.3, 0.4) is 0 Å². The van der Waals surface area contributed by atoms with Gasteiger partial charge in [-0.3, -0.25) is 4.79 Å². The molecule has 1 aliphatic rings. The van der Waals surface area contributed by atoms with Crippen LogP contribution in [0.4, 0.5) is 0 Å². The zero-order valence-electron chi connectivity index (χ0n) is 15.5. The van der Waals surface area contributed by atoms with Crippen molar-refractivity contribution in [3.8, 4) is 5.75 Å². The summed E-state index contributed by atoms with van der Waals surface area (Å²) in [6.45, 7) is 4.89. The molecule has 1 saturated carbocycles. The van der Waals surface area contributed by atoms with Crippen molar-refractivity contribution < 1.29 is 14.3 Å². The number of nitrogens with one attached hydrogen (secondary N) is 2. The van der Waals surface area contributed by atoms with Gasteiger partial charge in [-0.2, -0.15) is 0 Å². The van der Waals surface area contributed by atoms with Crippen molar-refractivity contribution in [2.75, 3.05) is 40.5 Å². The fourth-order valence-electron chi connectivity index (χ4n) is 3.48. The molecule has 1 aromatic rings. The third-order valence-electron chi connectivity index (χ3n) is 4.92. The van der Waals surface area contributed by atoms with E-state index in [1.54, 1.807) is 14.2 Å². The van der Waals surface area contributed by atoms with Crippen LogP contribution in [0.5, 0.6) is 5.75 Å². The summed E-state index contributed by atoms with van der Waals surface area (Å²) >= 11 is 0. The van der Waals surface area contributed by atoms with E-state index in [1.165, 1.54) is 0 Å². The van der Waals surface area contributed by atoms with Gasteiger partial charge in [-0.1, -0.05) is 25.0 Å². The second kappa shape index (κ2) is 10.6. The molecule has 0 unspecified atom stereocenters. The molecule has 0 radical (unpaired) electrons. The summed E-state index contributed by atoms with van der Waals surface area (Å²) in [4.78, 5) is 12.9. The van der Waals surface area contributed by atoms with Crippen LogP contribution in [0.25, 0.3) is 0 Å². The molecule has 2 rings (SSSR count). The zero-order valence-corrected chi connectivity index (χ0v) is 16.3. The predicted octanol–water partition coefficient (Wildman–Crippen LogP) is 2.59. The second-order valence-corrected chi connectivity index (χ2v) is 6.47. The molecule has 1 fully saturated rings. The van der Waals surface area contributed by atoms with Crippen LogP contribution in [0, 0.1) is 6.92 Å². The van der Waals surface area contributed by atoms with Gasteiger partial charge in [-0.15, -0.1) is 12.4 Å². The van der Waals surface area contributed by atoms with Crippen LogP contribution in [0.1, 0.15) is 36.8 Å². The molecule has 0 atom stereocenters. The molecule has 0 saturated heterocycles. The number of amides is 1. The van der Waals surface area contributed by atoms with E-state index in [-0.39, 0.29) is 18.3 Å². The third kappa shape index (κ3) is 5.33. The Hall–Kier alpha value is -1.30. The van der Waals surface area contributed by atoms with Gasteiger partial charge in [0.15, 0.2) is 0 Å². The van der Waals surface area contributed by atoms with Gasteiger partial charge in [-0.25, -0.2) is 0 Å². The van der Waals surface area contributed by atoms with Crippen LogP contribution >= 0.6 is 12.4 Å². The summed E-state index contributed by atoms with van der Waals surface area (Å²) in [5.74, 6) is 0.993. The molecule has 0 bridgehead atoms. The summed E-state index contributed by atoms with van der Waals surface area (Å²) in [6.07, 6.45) is 4.00. The van der Waals surface area contributed by atoms with Crippen LogP contribution in [0.15, 0.2) is 18.2 Å². The van der Waals surface area contributed by atoms with Crippen molar-refractivity contribution in [2.45, 2.75) is 38.0 Å². The molecule has 142 valence electrons. The van der Waals surface area contributed by atoms with E-state index in [4.69, 9.17) is 9.47 Å². The van der Waals surface area contributed by atoms with Gasteiger partial charge in [-0.05, 0) is 37.0 Å². The molecule has 1 aliphatic carbocycles. The van der Waals surface area contributed by atoms with Crippen molar-refractivity contribution in [3.05, 3.63) is 29.3 Å². The van der Waals surface area contributed by atoms with Gasteiger partial charge >= 0.3 is 0 Å². The average Bonchev–Trinajstić information content (AvgIpc) is 3.09. The van der Waals surface area contributed by atoms with E-state index < -0.39 is 5.41 Å². The summed E-state index contributed by atoms with van der Waals surface area (Å²) in [7, 11) is 3.36. The third-order valence-corrected chi connectivity index (χ3v) is 4.92. The molecular weight excluding hydrogens is 340 g/mol. The Balaban J connectivity index is 0.00000312. The summed E-state index contributed by atoms with van der Waals surface area (Å²) in [5.41, 5.74) is 1.76. The molecule has 1 amide bonds. The molecule has 0 aromatic heterocycles. The van der Waals surface area contributed by atoms with Gasteiger partial charge < -0.3 is 20.1 Å². The van der Waals surface area contributed by atoms with Gasteiger partial charge in [0.1, 0.15) is 5.75 Å². The molecule has 5 nitrogen and oxygen atoms in total. The number of carbonyl (C=O) groups excluding carboxylic acids is 1. The van der Waals surface area contributed by atoms with Crippen molar-refractivity contribution >= 4 is 18.3 Å². The maximum absolute atomic E-state index is 12.9. The lowest BCUT2D eigenvalue weighted by atomic mass is 9.77. The lowest BCUT2D eigenvalue weighted by Gasteiger charge is -2.29. The van der Waals surface area contributed by atoms with Crippen LogP contribution in [-0.4, -0.2) is 46.4 Å². The number of rotatable bonds is 9. The SMILES string of the molecule is COCCNCCNC(=O)C1(c2ccc(C)c(OC)c2)CCCC1.Cl. The number of methoxy groups -OCH3 is 2. The van der Waals surface area contributed by atoms with Crippen LogP contribution < -0.4 is 15.4 Å². The molecular formula is C19H31ClN2O3. The molecule has 2 N–H and O–H groups in total. The first-order valence-corrected chi connectivity index (χ1v) is 8.77. The Morgan fingerprint density at radius 3 is 2.52 bits per heavy atom. The number of hydrogen-bond acceptors (Lipinski definition) is 4. The summed E-state index contributed by atoms with van der Waals surface area (Å²) < 4.78 is 10.4. The maximum Gasteiger partial charge on any atom is 0.230 e. The van der Waals surface area contributed by atoms with Crippen molar-refractivity contribution in [1.29, 1.82) is 0 Å². The van der Waals surface area contributed by atoms with E-state index in [9.17, 15) is 4.79 Å². The molecule has 25 heavy (non-hydrogen) atoms. The largest absolute Gasteiger partial charge is 0.496 e. The Labute approximate surface area is 157 Å².